The lowest BCUT2D eigenvalue weighted by Gasteiger charge is -2.18. The summed E-state index contributed by atoms with van der Waals surface area (Å²) in [4.78, 5) is 14.0. The van der Waals surface area contributed by atoms with E-state index in [2.05, 4.69) is 37.9 Å². The van der Waals surface area contributed by atoms with Crippen molar-refractivity contribution >= 4 is 5.91 Å². The standard InChI is InChI=1S/C13H28N2O/c1-5-12(6-2)13(16)14-10-9-11-15(7-3)8-4/h12H,5-11H2,1-4H3,(H,14,16). The molecule has 0 heterocycles. The molecule has 0 spiro atoms. The third-order valence-corrected chi connectivity index (χ3v) is 3.20. The first kappa shape index (κ1) is 15.4. The van der Waals surface area contributed by atoms with E-state index in [1.165, 1.54) is 0 Å². The van der Waals surface area contributed by atoms with Gasteiger partial charge in [0.05, 0.1) is 0 Å². The van der Waals surface area contributed by atoms with E-state index in [1.807, 2.05) is 0 Å². The minimum atomic E-state index is 0.202. The van der Waals surface area contributed by atoms with Crippen LogP contribution in [0.3, 0.4) is 0 Å². The normalized spacial score (nSPS) is 11.1. The first-order chi connectivity index (χ1) is 7.69. The molecule has 0 bridgehead atoms. The van der Waals surface area contributed by atoms with Crippen molar-refractivity contribution in [1.82, 2.24) is 10.2 Å². The highest BCUT2D eigenvalue weighted by Gasteiger charge is 2.12. The highest BCUT2D eigenvalue weighted by molar-refractivity contribution is 5.78. The van der Waals surface area contributed by atoms with E-state index in [4.69, 9.17) is 0 Å². The smallest absolute Gasteiger partial charge is 0.223 e. The van der Waals surface area contributed by atoms with Gasteiger partial charge in [0.1, 0.15) is 0 Å². The average Bonchev–Trinajstić information content (AvgIpc) is 2.31. The third kappa shape index (κ3) is 6.11. The summed E-state index contributed by atoms with van der Waals surface area (Å²) in [5.41, 5.74) is 0. The summed E-state index contributed by atoms with van der Waals surface area (Å²) in [5, 5.41) is 3.02. The van der Waals surface area contributed by atoms with Crippen LogP contribution in [0, 0.1) is 5.92 Å². The molecule has 0 aliphatic heterocycles. The lowest BCUT2D eigenvalue weighted by atomic mass is 10.0. The van der Waals surface area contributed by atoms with Gasteiger partial charge >= 0.3 is 0 Å². The number of hydrogen-bond acceptors (Lipinski definition) is 2. The van der Waals surface area contributed by atoms with Crippen LogP contribution in [0.15, 0.2) is 0 Å². The third-order valence-electron chi connectivity index (χ3n) is 3.20. The lowest BCUT2D eigenvalue weighted by molar-refractivity contribution is -0.125. The van der Waals surface area contributed by atoms with E-state index in [0.29, 0.717) is 0 Å². The Morgan fingerprint density at radius 2 is 1.69 bits per heavy atom. The zero-order valence-corrected chi connectivity index (χ0v) is 11.4. The summed E-state index contributed by atoms with van der Waals surface area (Å²) >= 11 is 0. The van der Waals surface area contributed by atoms with Crippen molar-refractivity contribution in [2.24, 2.45) is 5.92 Å². The molecule has 0 unspecified atom stereocenters. The van der Waals surface area contributed by atoms with Crippen LogP contribution < -0.4 is 5.32 Å². The Balaban J connectivity index is 3.61. The SMILES string of the molecule is CCC(CC)C(=O)NCCCN(CC)CC. The fourth-order valence-electron chi connectivity index (χ4n) is 1.86. The topological polar surface area (TPSA) is 32.3 Å². The van der Waals surface area contributed by atoms with Crippen molar-refractivity contribution in [2.45, 2.75) is 47.0 Å². The van der Waals surface area contributed by atoms with Gasteiger partial charge in [-0.15, -0.1) is 0 Å². The average molecular weight is 228 g/mol. The predicted molar refractivity (Wildman–Crippen MR) is 69.5 cm³/mol. The van der Waals surface area contributed by atoms with Gasteiger partial charge in [-0.25, -0.2) is 0 Å². The monoisotopic (exact) mass is 228 g/mol. The molecule has 0 fully saturated rings. The zero-order valence-electron chi connectivity index (χ0n) is 11.4. The Morgan fingerprint density at radius 1 is 1.12 bits per heavy atom. The summed E-state index contributed by atoms with van der Waals surface area (Å²) in [5.74, 6) is 0.429. The molecule has 0 radical (unpaired) electrons. The van der Waals surface area contributed by atoms with Crippen molar-refractivity contribution in [2.75, 3.05) is 26.2 Å². The molecule has 0 aliphatic rings. The lowest BCUT2D eigenvalue weighted by Crippen LogP contribution is -2.33. The van der Waals surface area contributed by atoms with Crippen LogP contribution in [0.2, 0.25) is 0 Å². The first-order valence-electron chi connectivity index (χ1n) is 6.69. The van der Waals surface area contributed by atoms with Gasteiger partial charge in [0.25, 0.3) is 0 Å². The molecule has 3 nitrogen and oxygen atoms in total. The minimum absolute atomic E-state index is 0.202. The van der Waals surface area contributed by atoms with Crippen molar-refractivity contribution in [3.05, 3.63) is 0 Å². The Morgan fingerprint density at radius 3 is 2.12 bits per heavy atom. The minimum Gasteiger partial charge on any atom is -0.356 e. The van der Waals surface area contributed by atoms with Gasteiger partial charge in [-0.3, -0.25) is 4.79 Å². The van der Waals surface area contributed by atoms with Crippen LogP contribution >= 0.6 is 0 Å². The fourth-order valence-corrected chi connectivity index (χ4v) is 1.86. The largest absolute Gasteiger partial charge is 0.356 e. The molecule has 1 amide bonds. The number of nitrogens with one attached hydrogen (secondary N) is 1. The number of amides is 1. The summed E-state index contributed by atoms with van der Waals surface area (Å²) in [6.45, 7) is 12.6. The predicted octanol–water partition coefficient (Wildman–Crippen LogP) is 2.27. The van der Waals surface area contributed by atoms with Crippen molar-refractivity contribution in [1.29, 1.82) is 0 Å². The molecule has 0 saturated carbocycles. The molecular weight excluding hydrogens is 200 g/mol. The molecule has 0 aromatic heterocycles. The first-order valence-corrected chi connectivity index (χ1v) is 6.69. The highest BCUT2D eigenvalue weighted by atomic mass is 16.1. The van der Waals surface area contributed by atoms with Gasteiger partial charge in [-0.05, 0) is 38.9 Å². The van der Waals surface area contributed by atoms with Crippen LogP contribution in [0.25, 0.3) is 0 Å². The van der Waals surface area contributed by atoms with E-state index in [9.17, 15) is 4.79 Å². The van der Waals surface area contributed by atoms with Crippen LogP contribution in [-0.4, -0.2) is 37.0 Å². The molecule has 0 aliphatic carbocycles. The molecule has 3 heteroatoms. The van der Waals surface area contributed by atoms with Crippen LogP contribution in [0.5, 0.6) is 0 Å². The summed E-state index contributed by atoms with van der Waals surface area (Å²) in [6, 6.07) is 0. The molecule has 0 saturated heterocycles. The number of carbonyl (C=O) groups is 1. The summed E-state index contributed by atoms with van der Waals surface area (Å²) in [7, 11) is 0. The second kappa shape index (κ2) is 9.64. The summed E-state index contributed by atoms with van der Waals surface area (Å²) in [6.07, 6.45) is 2.93. The highest BCUT2D eigenvalue weighted by Crippen LogP contribution is 2.06. The maximum atomic E-state index is 11.7. The molecule has 16 heavy (non-hydrogen) atoms. The zero-order chi connectivity index (χ0) is 12.4. The maximum Gasteiger partial charge on any atom is 0.223 e. The number of nitrogens with zero attached hydrogens (tertiary/aromatic N) is 1. The molecule has 0 aromatic rings. The molecular formula is C13H28N2O. The van der Waals surface area contributed by atoms with E-state index in [-0.39, 0.29) is 11.8 Å². The number of rotatable bonds is 9. The summed E-state index contributed by atoms with van der Waals surface area (Å²) < 4.78 is 0. The molecule has 96 valence electrons. The molecule has 0 rings (SSSR count). The number of hydrogen-bond donors (Lipinski definition) is 1. The molecule has 1 N–H and O–H groups in total. The number of carbonyl (C=O) groups excluding carboxylic acids is 1. The maximum absolute atomic E-state index is 11.7. The van der Waals surface area contributed by atoms with Gasteiger partial charge in [0, 0.05) is 12.5 Å². The molecule has 0 aromatic carbocycles. The fraction of sp³-hybridized carbons (Fsp3) is 0.923. The Kier molecular flexibility index (Phi) is 9.30. The van der Waals surface area contributed by atoms with E-state index in [0.717, 1.165) is 45.4 Å². The Labute approximate surface area is 101 Å². The van der Waals surface area contributed by atoms with Crippen molar-refractivity contribution in [3.8, 4) is 0 Å². The van der Waals surface area contributed by atoms with Gasteiger partial charge in [0.2, 0.25) is 5.91 Å². The second-order valence-corrected chi connectivity index (χ2v) is 4.18. The second-order valence-electron chi connectivity index (χ2n) is 4.18. The van der Waals surface area contributed by atoms with Gasteiger partial charge in [-0.2, -0.15) is 0 Å². The van der Waals surface area contributed by atoms with Crippen LogP contribution in [0.4, 0.5) is 0 Å². The van der Waals surface area contributed by atoms with E-state index >= 15 is 0 Å². The Bertz CT molecular complexity index is 175. The van der Waals surface area contributed by atoms with Crippen LogP contribution in [-0.2, 0) is 4.79 Å². The van der Waals surface area contributed by atoms with Gasteiger partial charge in [0.15, 0.2) is 0 Å². The van der Waals surface area contributed by atoms with Gasteiger partial charge in [-0.1, -0.05) is 27.7 Å². The molecule has 0 atom stereocenters. The van der Waals surface area contributed by atoms with E-state index in [1.54, 1.807) is 0 Å². The van der Waals surface area contributed by atoms with E-state index < -0.39 is 0 Å². The van der Waals surface area contributed by atoms with Crippen molar-refractivity contribution in [3.63, 3.8) is 0 Å². The Hall–Kier alpha value is -0.570. The van der Waals surface area contributed by atoms with Gasteiger partial charge < -0.3 is 10.2 Å². The van der Waals surface area contributed by atoms with Crippen molar-refractivity contribution < 1.29 is 4.79 Å². The van der Waals surface area contributed by atoms with Crippen LogP contribution in [0.1, 0.15) is 47.0 Å². The quantitative estimate of drug-likeness (QED) is 0.614.